The first kappa shape index (κ1) is 19.8. The molecule has 0 aliphatic carbocycles. The lowest BCUT2D eigenvalue weighted by atomic mass is 10.1. The maximum Gasteiger partial charge on any atom is 0.231 e. The summed E-state index contributed by atoms with van der Waals surface area (Å²) in [5.74, 6) is 2.11. The van der Waals surface area contributed by atoms with Crippen molar-refractivity contribution in [1.29, 1.82) is 0 Å². The molecule has 4 aromatic rings. The topological polar surface area (TPSA) is 79.1 Å². The number of thioether (sulfide) groups is 1. The predicted molar refractivity (Wildman–Crippen MR) is 120 cm³/mol. The Morgan fingerprint density at radius 1 is 1.00 bits per heavy atom. The van der Waals surface area contributed by atoms with Crippen LogP contribution in [-0.2, 0) is 0 Å². The van der Waals surface area contributed by atoms with Crippen LogP contribution in [-0.4, -0.2) is 38.1 Å². The van der Waals surface area contributed by atoms with Crippen LogP contribution >= 0.6 is 27.7 Å². The molecule has 2 aromatic carbocycles. The Morgan fingerprint density at radius 2 is 1.77 bits per heavy atom. The summed E-state index contributed by atoms with van der Waals surface area (Å²) >= 11 is 4.81. The van der Waals surface area contributed by atoms with Gasteiger partial charge >= 0.3 is 0 Å². The summed E-state index contributed by atoms with van der Waals surface area (Å²) in [6, 6.07) is 16.8. The Hall–Kier alpha value is -3.17. The summed E-state index contributed by atoms with van der Waals surface area (Å²) < 4.78 is 13.6. The Bertz CT molecular complexity index is 1250. The van der Waals surface area contributed by atoms with E-state index in [1.165, 1.54) is 11.8 Å². The van der Waals surface area contributed by atoms with Gasteiger partial charge in [0.15, 0.2) is 28.3 Å². The minimum absolute atomic E-state index is 0.0286. The minimum atomic E-state index is -0.0286. The van der Waals surface area contributed by atoms with E-state index >= 15 is 0 Å². The molecule has 0 N–H and O–H groups in total. The van der Waals surface area contributed by atoms with E-state index in [0.717, 1.165) is 15.7 Å². The second kappa shape index (κ2) is 8.52. The SMILES string of the molecule is O=C(CSc1nnc(-c2ccncc2)n1-c1ccc(Br)cc1)c1ccc2c(c1)OCO2. The Kier molecular flexibility index (Phi) is 5.44. The molecule has 9 heteroatoms. The molecule has 5 rings (SSSR count). The molecule has 0 saturated carbocycles. The number of carbonyl (C=O) groups excluding carboxylic acids is 1. The Labute approximate surface area is 190 Å². The van der Waals surface area contributed by atoms with Gasteiger partial charge < -0.3 is 9.47 Å². The zero-order valence-electron chi connectivity index (χ0n) is 16.1. The van der Waals surface area contributed by atoms with Crippen molar-refractivity contribution >= 4 is 33.5 Å². The van der Waals surface area contributed by atoms with Crippen LogP contribution in [0.5, 0.6) is 11.5 Å². The van der Waals surface area contributed by atoms with Crippen LogP contribution in [0.4, 0.5) is 0 Å². The van der Waals surface area contributed by atoms with E-state index in [0.29, 0.717) is 28.0 Å². The zero-order chi connectivity index (χ0) is 21.2. The lowest BCUT2D eigenvalue weighted by Crippen LogP contribution is -2.05. The molecule has 3 heterocycles. The van der Waals surface area contributed by atoms with E-state index in [1.807, 2.05) is 41.0 Å². The van der Waals surface area contributed by atoms with Gasteiger partial charge in [-0.2, -0.15) is 0 Å². The molecule has 0 fully saturated rings. The van der Waals surface area contributed by atoms with E-state index in [-0.39, 0.29) is 18.3 Å². The smallest absolute Gasteiger partial charge is 0.231 e. The molecule has 0 radical (unpaired) electrons. The fourth-order valence-corrected chi connectivity index (χ4v) is 4.27. The van der Waals surface area contributed by atoms with Crippen molar-refractivity contribution in [2.45, 2.75) is 5.16 Å². The van der Waals surface area contributed by atoms with Crippen LogP contribution in [0.25, 0.3) is 17.1 Å². The molecule has 0 unspecified atom stereocenters. The van der Waals surface area contributed by atoms with Gasteiger partial charge in [0.2, 0.25) is 6.79 Å². The van der Waals surface area contributed by atoms with Crippen molar-refractivity contribution in [3.8, 4) is 28.6 Å². The number of benzene rings is 2. The zero-order valence-corrected chi connectivity index (χ0v) is 18.5. The maximum atomic E-state index is 12.8. The number of Topliss-reactive ketones (excluding diaryl/α,β-unsaturated/α-hetero) is 1. The van der Waals surface area contributed by atoms with E-state index in [9.17, 15) is 4.79 Å². The Balaban J connectivity index is 1.44. The first-order chi connectivity index (χ1) is 15.2. The maximum absolute atomic E-state index is 12.8. The molecule has 1 aliphatic rings. The third kappa shape index (κ3) is 4.06. The van der Waals surface area contributed by atoms with Crippen molar-refractivity contribution < 1.29 is 14.3 Å². The average molecular weight is 495 g/mol. The summed E-state index contributed by atoms with van der Waals surface area (Å²) in [4.78, 5) is 16.9. The van der Waals surface area contributed by atoms with Crippen molar-refractivity contribution in [2.75, 3.05) is 12.5 Å². The van der Waals surface area contributed by atoms with Gasteiger partial charge in [-0.15, -0.1) is 10.2 Å². The predicted octanol–water partition coefficient (Wildman–Crippen LogP) is 4.80. The molecule has 2 aromatic heterocycles. The summed E-state index contributed by atoms with van der Waals surface area (Å²) in [5, 5.41) is 9.38. The molecule has 0 spiro atoms. The highest BCUT2D eigenvalue weighted by Crippen LogP contribution is 2.33. The number of fused-ring (bicyclic) bond motifs is 1. The molecule has 0 atom stereocenters. The minimum Gasteiger partial charge on any atom is -0.454 e. The van der Waals surface area contributed by atoms with Gasteiger partial charge in [0.05, 0.1) is 5.75 Å². The molecular formula is C22H15BrN4O3S. The van der Waals surface area contributed by atoms with Crippen molar-refractivity contribution in [3.05, 3.63) is 77.0 Å². The van der Waals surface area contributed by atoms with Gasteiger partial charge in [-0.1, -0.05) is 27.7 Å². The third-order valence-corrected chi connectivity index (χ3v) is 6.14. The highest BCUT2D eigenvalue weighted by molar-refractivity contribution is 9.10. The van der Waals surface area contributed by atoms with Gasteiger partial charge in [0, 0.05) is 33.7 Å². The second-order valence-corrected chi connectivity index (χ2v) is 8.49. The lowest BCUT2D eigenvalue weighted by Gasteiger charge is -2.10. The monoisotopic (exact) mass is 494 g/mol. The van der Waals surface area contributed by atoms with Gasteiger partial charge in [0.1, 0.15) is 0 Å². The van der Waals surface area contributed by atoms with Crippen LogP contribution in [0.3, 0.4) is 0 Å². The largest absolute Gasteiger partial charge is 0.454 e. The van der Waals surface area contributed by atoms with Crippen molar-refractivity contribution in [1.82, 2.24) is 19.7 Å². The van der Waals surface area contributed by atoms with Crippen LogP contribution < -0.4 is 9.47 Å². The number of aromatic nitrogens is 4. The third-order valence-electron chi connectivity index (χ3n) is 4.68. The van der Waals surface area contributed by atoms with E-state index in [2.05, 4.69) is 31.1 Å². The van der Waals surface area contributed by atoms with Gasteiger partial charge in [-0.05, 0) is 54.6 Å². The number of rotatable bonds is 6. The molecule has 7 nitrogen and oxygen atoms in total. The summed E-state index contributed by atoms with van der Waals surface area (Å²) in [6.45, 7) is 0.176. The molecule has 1 aliphatic heterocycles. The van der Waals surface area contributed by atoms with Crippen molar-refractivity contribution in [2.24, 2.45) is 0 Å². The second-order valence-electron chi connectivity index (χ2n) is 6.63. The number of nitrogens with zero attached hydrogens (tertiary/aromatic N) is 4. The molecule has 0 amide bonds. The van der Waals surface area contributed by atoms with E-state index in [4.69, 9.17) is 9.47 Å². The number of carbonyl (C=O) groups is 1. The number of ketones is 1. The van der Waals surface area contributed by atoms with Gasteiger partial charge in [0.25, 0.3) is 0 Å². The van der Waals surface area contributed by atoms with Crippen LogP contribution in [0.15, 0.2) is 76.6 Å². The summed E-state index contributed by atoms with van der Waals surface area (Å²) in [6.07, 6.45) is 3.43. The fourth-order valence-electron chi connectivity index (χ4n) is 3.16. The average Bonchev–Trinajstić information content (AvgIpc) is 3.45. The molecule has 154 valence electrons. The summed E-state index contributed by atoms with van der Waals surface area (Å²) in [5.41, 5.74) is 2.36. The van der Waals surface area contributed by atoms with Crippen molar-refractivity contribution in [3.63, 3.8) is 0 Å². The molecule has 0 saturated heterocycles. The number of halogens is 1. The van der Waals surface area contributed by atoms with E-state index < -0.39 is 0 Å². The number of hydrogen-bond acceptors (Lipinski definition) is 7. The normalized spacial score (nSPS) is 12.2. The van der Waals surface area contributed by atoms with E-state index in [1.54, 1.807) is 30.6 Å². The number of hydrogen-bond donors (Lipinski definition) is 0. The number of ether oxygens (including phenoxy) is 2. The van der Waals surface area contributed by atoms with Crippen LogP contribution in [0.1, 0.15) is 10.4 Å². The molecule has 31 heavy (non-hydrogen) atoms. The number of pyridine rings is 1. The van der Waals surface area contributed by atoms with Gasteiger partial charge in [-0.25, -0.2) is 0 Å². The highest BCUT2D eigenvalue weighted by Gasteiger charge is 2.20. The quantitative estimate of drug-likeness (QED) is 0.281. The molecule has 0 bridgehead atoms. The Morgan fingerprint density at radius 3 is 2.58 bits per heavy atom. The first-order valence-electron chi connectivity index (χ1n) is 9.36. The molecular weight excluding hydrogens is 480 g/mol. The van der Waals surface area contributed by atoms with Crippen LogP contribution in [0, 0.1) is 0 Å². The lowest BCUT2D eigenvalue weighted by molar-refractivity contribution is 0.102. The summed E-state index contributed by atoms with van der Waals surface area (Å²) in [7, 11) is 0. The fraction of sp³-hybridized carbons (Fsp3) is 0.0909. The standard InChI is InChI=1S/C22H15BrN4O3S/c23-16-2-4-17(5-3-16)27-21(14-7-9-24-10-8-14)25-26-22(27)31-12-18(28)15-1-6-19-20(11-15)30-13-29-19/h1-11H,12-13H2. The van der Waals surface area contributed by atoms with Gasteiger partial charge in [-0.3, -0.25) is 14.3 Å². The first-order valence-corrected chi connectivity index (χ1v) is 11.1. The van der Waals surface area contributed by atoms with Crippen LogP contribution in [0.2, 0.25) is 0 Å². The highest BCUT2D eigenvalue weighted by atomic mass is 79.9.